The van der Waals surface area contributed by atoms with Crippen LogP contribution in [0.15, 0.2) is 0 Å². The Hall–Kier alpha value is -0.320. The van der Waals surface area contributed by atoms with Crippen LogP contribution in [0.5, 0.6) is 0 Å². The molecule has 0 aromatic rings. The summed E-state index contributed by atoms with van der Waals surface area (Å²) < 4.78 is 4.78. The topological polar surface area (TPSA) is 55.6 Å². The van der Waals surface area contributed by atoms with Crippen LogP contribution in [0.1, 0.15) is 13.3 Å². The second-order valence-electron chi connectivity index (χ2n) is 2.69. The van der Waals surface area contributed by atoms with Crippen LogP contribution in [0.25, 0.3) is 0 Å². The maximum Gasteiger partial charge on any atom is 0.320 e. The number of ether oxygens (including phenoxy) is 1. The number of nitrogens with two attached hydrogens (primary N) is 1. The van der Waals surface area contributed by atoms with Crippen LogP contribution < -0.4 is 5.73 Å². The Balaban J connectivity index is 0. The highest BCUT2D eigenvalue weighted by atomic mass is 35.5. The lowest BCUT2D eigenvalue weighted by Crippen LogP contribution is -2.29. The van der Waals surface area contributed by atoms with Crippen LogP contribution in [-0.4, -0.2) is 44.2 Å². The van der Waals surface area contributed by atoms with Gasteiger partial charge in [0.05, 0.1) is 13.2 Å². The summed E-state index contributed by atoms with van der Waals surface area (Å²) in [4.78, 5) is 12.8. The molecule has 0 radical (unpaired) electrons. The SMILES string of the molecule is CCOC(=O)CN(C)CCCN.Cl. The molecule has 0 aliphatic heterocycles. The lowest BCUT2D eigenvalue weighted by molar-refractivity contribution is -0.144. The van der Waals surface area contributed by atoms with Gasteiger partial charge in [-0.1, -0.05) is 0 Å². The summed E-state index contributed by atoms with van der Waals surface area (Å²) in [5.74, 6) is -0.169. The molecule has 0 saturated carbocycles. The van der Waals surface area contributed by atoms with Gasteiger partial charge in [0.25, 0.3) is 0 Å². The molecule has 0 amide bonds. The highest BCUT2D eigenvalue weighted by molar-refractivity contribution is 5.85. The standard InChI is InChI=1S/C8H18N2O2.ClH/c1-3-12-8(11)7-10(2)6-4-5-9;/h3-7,9H2,1-2H3;1H. The van der Waals surface area contributed by atoms with Crippen molar-refractivity contribution >= 4 is 18.4 Å². The fraction of sp³-hybridized carbons (Fsp3) is 0.875. The van der Waals surface area contributed by atoms with Gasteiger partial charge in [0.2, 0.25) is 0 Å². The molecule has 0 atom stereocenters. The zero-order valence-corrected chi connectivity index (χ0v) is 9.10. The summed E-state index contributed by atoms with van der Waals surface area (Å²) in [6.07, 6.45) is 0.913. The van der Waals surface area contributed by atoms with E-state index >= 15 is 0 Å². The number of esters is 1. The minimum absolute atomic E-state index is 0. The normalized spacial score (nSPS) is 9.54. The van der Waals surface area contributed by atoms with Crippen molar-refractivity contribution in [2.45, 2.75) is 13.3 Å². The minimum Gasteiger partial charge on any atom is -0.465 e. The summed E-state index contributed by atoms with van der Waals surface area (Å²) in [5.41, 5.74) is 5.32. The molecule has 0 unspecified atom stereocenters. The Labute approximate surface area is 85.8 Å². The first-order valence-electron chi connectivity index (χ1n) is 4.25. The lowest BCUT2D eigenvalue weighted by atomic mass is 10.4. The van der Waals surface area contributed by atoms with Crippen LogP contribution in [0.2, 0.25) is 0 Å². The zero-order valence-electron chi connectivity index (χ0n) is 8.28. The maximum absolute atomic E-state index is 10.9. The van der Waals surface area contributed by atoms with Gasteiger partial charge in [-0.15, -0.1) is 12.4 Å². The lowest BCUT2D eigenvalue weighted by Gasteiger charge is -2.14. The molecular formula is C8H19ClN2O2. The third kappa shape index (κ3) is 9.60. The van der Waals surface area contributed by atoms with Crippen LogP contribution in [0.3, 0.4) is 0 Å². The predicted octanol–water partition coefficient (Wildman–Crippen LogP) is 0.252. The maximum atomic E-state index is 10.9. The van der Waals surface area contributed by atoms with E-state index in [9.17, 15) is 4.79 Å². The van der Waals surface area contributed by atoms with Gasteiger partial charge in [-0.25, -0.2) is 0 Å². The summed E-state index contributed by atoms with van der Waals surface area (Å²) in [6.45, 7) is 4.11. The molecule has 0 saturated heterocycles. The van der Waals surface area contributed by atoms with Crippen LogP contribution in [0, 0.1) is 0 Å². The van der Waals surface area contributed by atoms with E-state index in [-0.39, 0.29) is 18.4 Å². The second kappa shape index (κ2) is 9.77. The number of halogens is 1. The molecule has 0 rings (SSSR count). The van der Waals surface area contributed by atoms with E-state index in [1.807, 2.05) is 11.9 Å². The van der Waals surface area contributed by atoms with E-state index in [1.54, 1.807) is 6.92 Å². The molecule has 0 aliphatic rings. The molecule has 80 valence electrons. The summed E-state index contributed by atoms with van der Waals surface area (Å²) >= 11 is 0. The number of hydrogen-bond donors (Lipinski definition) is 1. The van der Waals surface area contributed by atoms with Crippen molar-refractivity contribution in [3.05, 3.63) is 0 Å². The number of nitrogens with zero attached hydrogens (tertiary/aromatic N) is 1. The molecular weight excluding hydrogens is 192 g/mol. The highest BCUT2D eigenvalue weighted by Crippen LogP contribution is 1.87. The first kappa shape index (κ1) is 15.2. The van der Waals surface area contributed by atoms with Gasteiger partial charge < -0.3 is 10.5 Å². The van der Waals surface area contributed by atoms with Crippen LogP contribution in [-0.2, 0) is 9.53 Å². The quantitative estimate of drug-likeness (QED) is 0.639. The highest BCUT2D eigenvalue weighted by Gasteiger charge is 2.05. The number of carbonyl (C=O) groups excluding carboxylic acids is 1. The van der Waals surface area contributed by atoms with Crippen molar-refractivity contribution in [2.24, 2.45) is 5.73 Å². The number of hydrogen-bond acceptors (Lipinski definition) is 4. The van der Waals surface area contributed by atoms with E-state index in [2.05, 4.69) is 0 Å². The predicted molar refractivity (Wildman–Crippen MR) is 55.0 cm³/mol. The summed E-state index contributed by atoms with van der Waals surface area (Å²) in [7, 11) is 1.88. The summed E-state index contributed by atoms with van der Waals surface area (Å²) in [5, 5.41) is 0. The fourth-order valence-electron chi connectivity index (χ4n) is 0.867. The van der Waals surface area contributed by atoms with Crippen molar-refractivity contribution < 1.29 is 9.53 Å². The first-order valence-corrected chi connectivity index (χ1v) is 4.25. The third-order valence-corrected chi connectivity index (χ3v) is 1.45. The largest absolute Gasteiger partial charge is 0.465 e. The van der Waals surface area contributed by atoms with E-state index in [0.717, 1.165) is 13.0 Å². The Kier molecular flexibility index (Phi) is 11.4. The monoisotopic (exact) mass is 210 g/mol. The summed E-state index contributed by atoms with van der Waals surface area (Å²) in [6, 6.07) is 0. The van der Waals surface area contributed by atoms with Gasteiger partial charge in [0.1, 0.15) is 0 Å². The van der Waals surface area contributed by atoms with Gasteiger partial charge in [0.15, 0.2) is 0 Å². The van der Waals surface area contributed by atoms with Crippen molar-refractivity contribution in [3.63, 3.8) is 0 Å². The molecule has 0 fully saturated rings. The van der Waals surface area contributed by atoms with E-state index in [4.69, 9.17) is 10.5 Å². The van der Waals surface area contributed by atoms with E-state index in [1.165, 1.54) is 0 Å². The molecule has 0 aliphatic carbocycles. The smallest absolute Gasteiger partial charge is 0.320 e. The number of carbonyl (C=O) groups is 1. The third-order valence-electron chi connectivity index (χ3n) is 1.45. The molecule has 0 bridgehead atoms. The van der Waals surface area contributed by atoms with Crippen molar-refractivity contribution in [1.82, 2.24) is 4.90 Å². The molecule has 2 N–H and O–H groups in total. The average Bonchev–Trinajstić information content (AvgIpc) is 2.01. The average molecular weight is 211 g/mol. The van der Waals surface area contributed by atoms with Crippen molar-refractivity contribution in [1.29, 1.82) is 0 Å². The van der Waals surface area contributed by atoms with E-state index in [0.29, 0.717) is 19.7 Å². The first-order chi connectivity index (χ1) is 5.70. The molecule has 0 spiro atoms. The minimum atomic E-state index is -0.169. The van der Waals surface area contributed by atoms with Crippen molar-refractivity contribution in [3.8, 4) is 0 Å². The van der Waals surface area contributed by atoms with Gasteiger partial charge >= 0.3 is 5.97 Å². The Morgan fingerprint density at radius 1 is 1.54 bits per heavy atom. The molecule has 0 heterocycles. The fourth-order valence-corrected chi connectivity index (χ4v) is 0.867. The molecule has 13 heavy (non-hydrogen) atoms. The second-order valence-corrected chi connectivity index (χ2v) is 2.69. The number of rotatable bonds is 6. The molecule has 0 aromatic carbocycles. The van der Waals surface area contributed by atoms with Gasteiger partial charge in [0, 0.05) is 0 Å². The van der Waals surface area contributed by atoms with E-state index < -0.39 is 0 Å². The number of likely N-dealkylation sites (N-methyl/N-ethyl adjacent to an activating group) is 1. The molecule has 4 nitrogen and oxygen atoms in total. The van der Waals surface area contributed by atoms with Crippen molar-refractivity contribution in [2.75, 3.05) is 33.3 Å². The molecule has 0 aromatic heterocycles. The Morgan fingerprint density at radius 3 is 2.62 bits per heavy atom. The van der Waals surface area contributed by atoms with Gasteiger partial charge in [-0.2, -0.15) is 0 Å². The molecule has 5 heteroatoms. The van der Waals surface area contributed by atoms with Crippen LogP contribution >= 0.6 is 12.4 Å². The van der Waals surface area contributed by atoms with Gasteiger partial charge in [-0.3, -0.25) is 9.69 Å². The van der Waals surface area contributed by atoms with Crippen LogP contribution in [0.4, 0.5) is 0 Å². The Morgan fingerprint density at radius 2 is 2.15 bits per heavy atom. The van der Waals surface area contributed by atoms with Gasteiger partial charge in [-0.05, 0) is 33.5 Å². The Bertz CT molecular complexity index is 133. The zero-order chi connectivity index (χ0) is 9.40.